The predicted octanol–water partition coefficient (Wildman–Crippen LogP) is 1.06. The number of thiazole rings is 1. The van der Waals surface area contributed by atoms with Gasteiger partial charge in [0.05, 0.1) is 24.8 Å². The number of nitrogen functional groups attached to an aromatic ring is 1. The topological polar surface area (TPSA) is 79.6 Å². The highest BCUT2D eigenvalue weighted by Crippen LogP contribution is 2.19. The fourth-order valence-corrected chi connectivity index (χ4v) is 1.50. The molecule has 68 valence electrons. The number of aromatic amines is 1. The first-order valence-corrected chi connectivity index (χ1v) is 4.58. The van der Waals surface area contributed by atoms with Crippen molar-refractivity contribution in [2.45, 2.75) is 6.54 Å². The lowest BCUT2D eigenvalue weighted by molar-refractivity contribution is 1.07. The highest BCUT2D eigenvalue weighted by molar-refractivity contribution is 7.19. The average Bonchev–Trinajstić information content (AvgIpc) is 2.71. The van der Waals surface area contributed by atoms with Crippen LogP contribution in [0.15, 0.2) is 18.7 Å². The Kier molecular flexibility index (Phi) is 2.13. The Labute approximate surface area is 79.0 Å². The maximum absolute atomic E-state index is 5.52. The quantitative estimate of drug-likeness (QED) is 0.684. The lowest BCUT2D eigenvalue weighted by Gasteiger charge is -1.97. The van der Waals surface area contributed by atoms with Crippen molar-refractivity contribution >= 4 is 21.5 Å². The highest BCUT2D eigenvalue weighted by Gasteiger charge is 1.98. The number of hydrogen-bond donors (Lipinski definition) is 3. The first kappa shape index (κ1) is 8.06. The predicted molar refractivity (Wildman–Crippen MR) is 52.4 cm³/mol. The van der Waals surface area contributed by atoms with Gasteiger partial charge in [-0.2, -0.15) is 0 Å². The summed E-state index contributed by atoms with van der Waals surface area (Å²) in [5.41, 5.74) is 6.55. The molecule has 0 spiro atoms. The molecule has 0 unspecified atom stereocenters. The normalized spacial score (nSPS) is 10.2. The van der Waals surface area contributed by atoms with Crippen LogP contribution in [0.5, 0.6) is 0 Å². The van der Waals surface area contributed by atoms with Gasteiger partial charge in [-0.3, -0.25) is 0 Å². The Morgan fingerprint density at radius 3 is 3.08 bits per heavy atom. The van der Waals surface area contributed by atoms with Gasteiger partial charge in [0.1, 0.15) is 5.00 Å². The van der Waals surface area contributed by atoms with Gasteiger partial charge in [0.15, 0.2) is 5.13 Å². The molecule has 2 heterocycles. The van der Waals surface area contributed by atoms with Gasteiger partial charge in [-0.1, -0.05) is 11.3 Å². The second-order valence-electron chi connectivity index (χ2n) is 2.50. The maximum Gasteiger partial charge on any atom is 0.184 e. The first-order chi connectivity index (χ1) is 6.34. The number of H-pyrrole nitrogens is 1. The summed E-state index contributed by atoms with van der Waals surface area (Å²) in [5, 5.41) is 4.66. The van der Waals surface area contributed by atoms with Crippen molar-refractivity contribution < 1.29 is 0 Å². The molecule has 4 N–H and O–H groups in total. The standard InChI is InChI=1S/C7H9N5S/c8-6-3-11-7(13-6)10-2-5-1-9-4-12-5/h1,3-4H,2,8H2,(H,9,12)(H,10,11). The molecule has 0 amide bonds. The van der Waals surface area contributed by atoms with Crippen molar-refractivity contribution in [1.82, 2.24) is 15.0 Å². The summed E-state index contributed by atoms with van der Waals surface area (Å²) >= 11 is 1.43. The van der Waals surface area contributed by atoms with E-state index in [4.69, 9.17) is 5.73 Å². The van der Waals surface area contributed by atoms with Crippen molar-refractivity contribution in [2.75, 3.05) is 11.1 Å². The van der Waals surface area contributed by atoms with Crippen LogP contribution in [0.1, 0.15) is 5.69 Å². The highest BCUT2D eigenvalue weighted by atomic mass is 32.1. The lowest BCUT2D eigenvalue weighted by Crippen LogP contribution is -1.98. The van der Waals surface area contributed by atoms with Gasteiger partial charge in [-0.15, -0.1) is 0 Å². The van der Waals surface area contributed by atoms with E-state index in [1.54, 1.807) is 18.7 Å². The van der Waals surface area contributed by atoms with Gasteiger partial charge < -0.3 is 16.0 Å². The summed E-state index contributed by atoms with van der Waals surface area (Å²) < 4.78 is 0. The van der Waals surface area contributed by atoms with Gasteiger partial charge in [-0.05, 0) is 0 Å². The zero-order chi connectivity index (χ0) is 9.10. The molecule has 0 saturated heterocycles. The minimum absolute atomic E-state index is 0.687. The van der Waals surface area contributed by atoms with Gasteiger partial charge in [0, 0.05) is 6.20 Å². The van der Waals surface area contributed by atoms with Crippen LogP contribution < -0.4 is 11.1 Å². The van der Waals surface area contributed by atoms with Crippen LogP contribution in [0.25, 0.3) is 0 Å². The van der Waals surface area contributed by atoms with Crippen LogP contribution in [-0.2, 0) is 6.54 Å². The van der Waals surface area contributed by atoms with E-state index in [9.17, 15) is 0 Å². The summed E-state index contributed by atoms with van der Waals surface area (Å²) in [4.78, 5) is 11.0. The number of hydrogen-bond acceptors (Lipinski definition) is 5. The van der Waals surface area contributed by atoms with E-state index < -0.39 is 0 Å². The number of nitrogens with two attached hydrogens (primary N) is 1. The summed E-state index contributed by atoms with van der Waals surface area (Å²) in [6.45, 7) is 0.687. The molecule has 0 atom stereocenters. The fraction of sp³-hybridized carbons (Fsp3) is 0.143. The molecular weight excluding hydrogens is 186 g/mol. The van der Waals surface area contributed by atoms with E-state index in [0.29, 0.717) is 11.5 Å². The van der Waals surface area contributed by atoms with Crippen LogP contribution in [0.4, 0.5) is 10.1 Å². The Hall–Kier alpha value is -1.56. The van der Waals surface area contributed by atoms with Crippen LogP contribution in [-0.4, -0.2) is 15.0 Å². The van der Waals surface area contributed by atoms with E-state index in [-0.39, 0.29) is 0 Å². The minimum atomic E-state index is 0.687. The molecule has 0 saturated carbocycles. The monoisotopic (exact) mass is 195 g/mol. The number of nitrogens with zero attached hydrogens (tertiary/aromatic N) is 2. The van der Waals surface area contributed by atoms with Crippen LogP contribution in [0.3, 0.4) is 0 Å². The molecule has 0 aliphatic rings. The number of imidazole rings is 1. The van der Waals surface area contributed by atoms with E-state index in [0.717, 1.165) is 10.8 Å². The van der Waals surface area contributed by atoms with Crippen molar-refractivity contribution in [3.63, 3.8) is 0 Å². The van der Waals surface area contributed by atoms with Crippen molar-refractivity contribution in [3.8, 4) is 0 Å². The largest absolute Gasteiger partial charge is 0.389 e. The number of nitrogens with one attached hydrogen (secondary N) is 2. The van der Waals surface area contributed by atoms with E-state index >= 15 is 0 Å². The maximum atomic E-state index is 5.52. The second kappa shape index (κ2) is 3.44. The van der Waals surface area contributed by atoms with Crippen molar-refractivity contribution in [2.24, 2.45) is 0 Å². The molecule has 6 heteroatoms. The number of aromatic nitrogens is 3. The molecule has 5 nitrogen and oxygen atoms in total. The Morgan fingerprint density at radius 2 is 2.46 bits per heavy atom. The molecule has 2 aromatic rings. The smallest absolute Gasteiger partial charge is 0.184 e. The summed E-state index contributed by atoms with van der Waals surface area (Å²) in [7, 11) is 0. The number of rotatable bonds is 3. The third kappa shape index (κ3) is 1.97. The first-order valence-electron chi connectivity index (χ1n) is 3.77. The molecule has 0 fully saturated rings. The summed E-state index contributed by atoms with van der Waals surface area (Å²) in [6.07, 6.45) is 5.05. The second-order valence-corrected chi connectivity index (χ2v) is 3.56. The van der Waals surface area contributed by atoms with Gasteiger partial charge in [-0.25, -0.2) is 9.97 Å². The average molecular weight is 195 g/mol. The molecule has 0 bridgehead atoms. The zero-order valence-electron chi connectivity index (χ0n) is 6.82. The minimum Gasteiger partial charge on any atom is -0.389 e. The molecule has 2 aromatic heterocycles. The Bertz CT molecular complexity index is 366. The van der Waals surface area contributed by atoms with Gasteiger partial charge >= 0.3 is 0 Å². The molecule has 0 radical (unpaired) electrons. The SMILES string of the molecule is Nc1cnc(NCc2cnc[nH]2)s1. The molecule has 2 rings (SSSR count). The van der Waals surface area contributed by atoms with Gasteiger partial charge in [0.2, 0.25) is 0 Å². The van der Waals surface area contributed by atoms with Crippen molar-refractivity contribution in [3.05, 3.63) is 24.4 Å². The molecule has 0 aliphatic heterocycles. The lowest BCUT2D eigenvalue weighted by atomic mass is 10.5. The molecule has 13 heavy (non-hydrogen) atoms. The molecule has 0 aliphatic carbocycles. The molecular formula is C7H9N5S. The third-order valence-electron chi connectivity index (χ3n) is 1.51. The Morgan fingerprint density at radius 1 is 1.54 bits per heavy atom. The Balaban J connectivity index is 1.93. The van der Waals surface area contributed by atoms with Crippen molar-refractivity contribution in [1.29, 1.82) is 0 Å². The zero-order valence-corrected chi connectivity index (χ0v) is 7.64. The van der Waals surface area contributed by atoms with E-state index in [2.05, 4.69) is 20.3 Å². The van der Waals surface area contributed by atoms with Gasteiger partial charge in [0.25, 0.3) is 0 Å². The summed E-state index contributed by atoms with van der Waals surface area (Å²) in [6, 6.07) is 0. The van der Waals surface area contributed by atoms with Crippen LogP contribution in [0, 0.1) is 0 Å². The van der Waals surface area contributed by atoms with E-state index in [1.807, 2.05) is 0 Å². The fourth-order valence-electron chi connectivity index (χ4n) is 0.921. The van der Waals surface area contributed by atoms with Crippen LogP contribution in [0.2, 0.25) is 0 Å². The van der Waals surface area contributed by atoms with E-state index in [1.165, 1.54) is 11.3 Å². The third-order valence-corrected chi connectivity index (χ3v) is 2.29. The molecule has 0 aromatic carbocycles. The summed E-state index contributed by atoms with van der Waals surface area (Å²) in [5.74, 6) is 0. The van der Waals surface area contributed by atoms with Crippen LogP contribution >= 0.6 is 11.3 Å². The number of anilines is 2.